The molecule has 4 nitrogen and oxygen atoms in total. The molecule has 4 heteroatoms. The predicted octanol–water partition coefficient (Wildman–Crippen LogP) is 2.78. The second-order valence-corrected chi connectivity index (χ2v) is 5.11. The summed E-state index contributed by atoms with van der Waals surface area (Å²) in [5, 5.41) is 2.85. The Kier molecular flexibility index (Phi) is 4.93. The van der Waals surface area contributed by atoms with Crippen LogP contribution < -0.4 is 10.1 Å². The van der Waals surface area contributed by atoms with Crippen LogP contribution in [0.4, 0.5) is 0 Å². The number of hydrogen-bond acceptors (Lipinski definition) is 3. The van der Waals surface area contributed by atoms with Crippen LogP contribution in [0.1, 0.15) is 23.6 Å². The van der Waals surface area contributed by atoms with Gasteiger partial charge >= 0.3 is 0 Å². The van der Waals surface area contributed by atoms with E-state index >= 15 is 0 Å². The molecule has 0 unspecified atom stereocenters. The molecule has 1 N–H and O–H groups in total. The second kappa shape index (κ2) is 6.88. The highest BCUT2D eigenvalue weighted by molar-refractivity contribution is 5.80. The van der Waals surface area contributed by atoms with Gasteiger partial charge in [-0.2, -0.15) is 0 Å². The van der Waals surface area contributed by atoms with Gasteiger partial charge in [0.15, 0.2) is 6.10 Å². The van der Waals surface area contributed by atoms with Crippen molar-refractivity contribution >= 4 is 5.91 Å². The number of ether oxygens (including phenoxy) is 1. The Morgan fingerprint density at radius 1 is 1.33 bits per heavy atom. The number of benzene rings is 1. The minimum absolute atomic E-state index is 0.139. The van der Waals surface area contributed by atoms with Crippen molar-refractivity contribution in [1.82, 2.24) is 10.3 Å². The Labute approximate surface area is 125 Å². The van der Waals surface area contributed by atoms with E-state index in [0.717, 1.165) is 22.4 Å². The van der Waals surface area contributed by atoms with Gasteiger partial charge in [0.05, 0.1) is 0 Å². The zero-order valence-electron chi connectivity index (χ0n) is 12.6. The van der Waals surface area contributed by atoms with Gasteiger partial charge in [0.25, 0.3) is 5.91 Å². The van der Waals surface area contributed by atoms with Gasteiger partial charge in [-0.05, 0) is 49.6 Å². The lowest BCUT2D eigenvalue weighted by molar-refractivity contribution is -0.127. The minimum Gasteiger partial charge on any atom is -0.481 e. The molecular weight excluding hydrogens is 264 g/mol. The molecule has 0 aliphatic heterocycles. The maximum absolute atomic E-state index is 12.1. The highest BCUT2D eigenvalue weighted by Crippen LogP contribution is 2.20. The van der Waals surface area contributed by atoms with Crippen molar-refractivity contribution in [2.45, 2.75) is 33.4 Å². The summed E-state index contributed by atoms with van der Waals surface area (Å²) in [6.45, 7) is 6.17. The van der Waals surface area contributed by atoms with E-state index in [9.17, 15) is 4.79 Å². The molecule has 1 heterocycles. The lowest BCUT2D eigenvalue weighted by Crippen LogP contribution is -2.36. The van der Waals surface area contributed by atoms with Crippen LogP contribution in [0.5, 0.6) is 5.75 Å². The second-order valence-electron chi connectivity index (χ2n) is 5.11. The molecule has 110 valence electrons. The van der Waals surface area contributed by atoms with Crippen LogP contribution in [0.2, 0.25) is 0 Å². The first-order chi connectivity index (χ1) is 10.1. The zero-order valence-corrected chi connectivity index (χ0v) is 12.6. The Bertz CT molecular complexity index is 611. The predicted molar refractivity (Wildman–Crippen MR) is 82.1 cm³/mol. The van der Waals surface area contributed by atoms with Gasteiger partial charge in [0.1, 0.15) is 5.75 Å². The quantitative estimate of drug-likeness (QED) is 0.918. The molecular formula is C17H20N2O2. The van der Waals surface area contributed by atoms with E-state index < -0.39 is 6.10 Å². The summed E-state index contributed by atoms with van der Waals surface area (Å²) in [7, 11) is 0. The molecule has 0 fully saturated rings. The van der Waals surface area contributed by atoms with E-state index in [1.807, 2.05) is 44.2 Å². The standard InChI is InChI=1S/C17H20N2O2/c1-12-6-7-13(2)16(9-12)21-14(3)17(20)19-11-15-5-4-8-18-10-15/h4-10,14H,11H2,1-3H3,(H,19,20)/t14-/m1/s1. The van der Waals surface area contributed by atoms with Gasteiger partial charge in [0.2, 0.25) is 0 Å². The van der Waals surface area contributed by atoms with Gasteiger partial charge in [-0.25, -0.2) is 0 Å². The van der Waals surface area contributed by atoms with Crippen molar-refractivity contribution in [3.05, 3.63) is 59.4 Å². The van der Waals surface area contributed by atoms with Crippen molar-refractivity contribution in [3.63, 3.8) is 0 Å². The van der Waals surface area contributed by atoms with Crippen LogP contribution in [0.15, 0.2) is 42.7 Å². The molecule has 2 rings (SSSR count). The van der Waals surface area contributed by atoms with Gasteiger partial charge < -0.3 is 10.1 Å². The van der Waals surface area contributed by atoms with E-state index in [0.29, 0.717) is 6.54 Å². The van der Waals surface area contributed by atoms with Crippen molar-refractivity contribution in [3.8, 4) is 5.75 Å². The van der Waals surface area contributed by atoms with Gasteiger partial charge in [-0.1, -0.05) is 18.2 Å². The number of amides is 1. The minimum atomic E-state index is -0.540. The van der Waals surface area contributed by atoms with Crippen molar-refractivity contribution in [1.29, 1.82) is 0 Å². The largest absolute Gasteiger partial charge is 0.481 e. The summed E-state index contributed by atoms with van der Waals surface area (Å²) < 4.78 is 5.75. The molecule has 1 amide bonds. The van der Waals surface area contributed by atoms with Crippen LogP contribution in [0.25, 0.3) is 0 Å². The van der Waals surface area contributed by atoms with E-state index in [4.69, 9.17) is 4.74 Å². The lowest BCUT2D eigenvalue weighted by atomic mass is 10.1. The SMILES string of the molecule is Cc1ccc(C)c(O[C@H](C)C(=O)NCc2cccnc2)c1. The third-order valence-electron chi connectivity index (χ3n) is 3.21. The molecule has 1 aromatic heterocycles. The molecule has 0 saturated carbocycles. The summed E-state index contributed by atoms with van der Waals surface area (Å²) in [6.07, 6.45) is 2.90. The Morgan fingerprint density at radius 3 is 2.86 bits per heavy atom. The molecule has 1 atom stereocenters. The number of aryl methyl sites for hydroxylation is 2. The molecule has 0 aliphatic rings. The highest BCUT2D eigenvalue weighted by Gasteiger charge is 2.15. The lowest BCUT2D eigenvalue weighted by Gasteiger charge is -2.16. The summed E-state index contributed by atoms with van der Waals surface area (Å²) in [4.78, 5) is 16.1. The van der Waals surface area contributed by atoms with E-state index in [1.54, 1.807) is 19.3 Å². The molecule has 1 aromatic carbocycles. The van der Waals surface area contributed by atoms with Crippen LogP contribution in [0.3, 0.4) is 0 Å². The first kappa shape index (κ1) is 15.0. The summed E-state index contributed by atoms with van der Waals surface area (Å²) in [5.41, 5.74) is 3.09. The molecule has 0 spiro atoms. The normalized spacial score (nSPS) is 11.8. The zero-order chi connectivity index (χ0) is 15.2. The Morgan fingerprint density at radius 2 is 2.14 bits per heavy atom. The first-order valence-electron chi connectivity index (χ1n) is 6.97. The average molecular weight is 284 g/mol. The Balaban J connectivity index is 1.92. The van der Waals surface area contributed by atoms with E-state index in [-0.39, 0.29) is 5.91 Å². The third-order valence-corrected chi connectivity index (χ3v) is 3.21. The fourth-order valence-electron chi connectivity index (χ4n) is 1.91. The topological polar surface area (TPSA) is 51.2 Å². The number of carbonyl (C=O) groups excluding carboxylic acids is 1. The molecule has 21 heavy (non-hydrogen) atoms. The van der Waals surface area contributed by atoms with Crippen molar-refractivity contribution in [2.24, 2.45) is 0 Å². The fourth-order valence-corrected chi connectivity index (χ4v) is 1.91. The monoisotopic (exact) mass is 284 g/mol. The number of hydrogen-bond donors (Lipinski definition) is 1. The maximum Gasteiger partial charge on any atom is 0.261 e. The summed E-state index contributed by atoms with van der Waals surface area (Å²) in [5.74, 6) is 0.610. The smallest absolute Gasteiger partial charge is 0.261 e. The number of nitrogens with one attached hydrogen (secondary N) is 1. The highest BCUT2D eigenvalue weighted by atomic mass is 16.5. The average Bonchev–Trinajstić information content (AvgIpc) is 2.49. The van der Waals surface area contributed by atoms with E-state index in [2.05, 4.69) is 10.3 Å². The number of carbonyl (C=O) groups is 1. The van der Waals surface area contributed by atoms with Gasteiger partial charge in [-0.15, -0.1) is 0 Å². The number of aromatic nitrogens is 1. The number of nitrogens with zero attached hydrogens (tertiary/aromatic N) is 1. The molecule has 0 saturated heterocycles. The summed E-state index contributed by atoms with van der Waals surface area (Å²) >= 11 is 0. The van der Waals surface area contributed by atoms with Crippen LogP contribution in [0, 0.1) is 13.8 Å². The van der Waals surface area contributed by atoms with Crippen LogP contribution in [-0.4, -0.2) is 17.0 Å². The molecule has 0 bridgehead atoms. The van der Waals surface area contributed by atoms with E-state index in [1.165, 1.54) is 0 Å². The fraction of sp³-hybridized carbons (Fsp3) is 0.294. The molecule has 0 aliphatic carbocycles. The molecule has 2 aromatic rings. The van der Waals surface area contributed by atoms with Crippen molar-refractivity contribution < 1.29 is 9.53 Å². The van der Waals surface area contributed by atoms with Crippen LogP contribution >= 0.6 is 0 Å². The molecule has 0 radical (unpaired) electrons. The van der Waals surface area contributed by atoms with Crippen LogP contribution in [-0.2, 0) is 11.3 Å². The Hall–Kier alpha value is -2.36. The maximum atomic E-state index is 12.1. The van der Waals surface area contributed by atoms with Gasteiger partial charge in [-0.3, -0.25) is 9.78 Å². The summed E-state index contributed by atoms with van der Waals surface area (Å²) in [6, 6.07) is 9.72. The first-order valence-corrected chi connectivity index (χ1v) is 6.97. The number of rotatable bonds is 5. The third kappa shape index (κ3) is 4.31. The number of pyridine rings is 1. The van der Waals surface area contributed by atoms with Gasteiger partial charge in [0, 0.05) is 18.9 Å². The van der Waals surface area contributed by atoms with Crippen molar-refractivity contribution in [2.75, 3.05) is 0 Å².